The van der Waals surface area contributed by atoms with Gasteiger partial charge in [0.2, 0.25) is 0 Å². The third-order valence-corrected chi connectivity index (χ3v) is 3.72. The van der Waals surface area contributed by atoms with Gasteiger partial charge < -0.3 is 10.4 Å². The number of thiophene rings is 1. The second-order valence-electron chi connectivity index (χ2n) is 3.69. The summed E-state index contributed by atoms with van der Waals surface area (Å²) >= 11 is 1.03. The van der Waals surface area contributed by atoms with E-state index in [0.717, 1.165) is 11.3 Å². The third-order valence-electron chi connectivity index (χ3n) is 2.53. The van der Waals surface area contributed by atoms with Gasteiger partial charge >= 0.3 is 5.97 Å². The summed E-state index contributed by atoms with van der Waals surface area (Å²) < 4.78 is 26.4. The molecule has 0 saturated carbocycles. The number of aromatic carboxylic acids is 1. The number of hydrogen-bond acceptors (Lipinski definition) is 3. The van der Waals surface area contributed by atoms with E-state index in [9.17, 15) is 13.6 Å². The Kier molecular flexibility index (Phi) is 3.88. The Labute approximate surface area is 106 Å². The number of carboxylic acid groups (broad SMARTS) is 1. The van der Waals surface area contributed by atoms with Gasteiger partial charge in [-0.15, -0.1) is 11.3 Å². The fourth-order valence-corrected chi connectivity index (χ4v) is 2.86. The molecule has 0 fully saturated rings. The molecule has 0 aliphatic heterocycles. The van der Waals surface area contributed by atoms with Crippen molar-refractivity contribution in [2.45, 2.75) is 6.54 Å². The Morgan fingerprint density at radius 2 is 2.22 bits per heavy atom. The standard InChI is InChI=1S/C12H11F2NO2S/c13-4-5-15-6-7-10-8(14)2-1-3-9(10)18-11(7)12(16)17/h1-3,15H,4-6H2,(H,16,17). The van der Waals surface area contributed by atoms with Crippen LogP contribution in [0.3, 0.4) is 0 Å². The smallest absolute Gasteiger partial charge is 0.346 e. The van der Waals surface area contributed by atoms with Crippen LogP contribution in [-0.2, 0) is 6.54 Å². The molecule has 0 unspecified atom stereocenters. The molecular weight excluding hydrogens is 260 g/mol. The molecule has 0 aliphatic carbocycles. The van der Waals surface area contributed by atoms with Gasteiger partial charge in [-0.1, -0.05) is 6.07 Å². The van der Waals surface area contributed by atoms with Crippen LogP contribution in [0.4, 0.5) is 8.78 Å². The number of benzene rings is 1. The summed E-state index contributed by atoms with van der Waals surface area (Å²) in [5, 5.41) is 12.2. The molecule has 1 aromatic heterocycles. The summed E-state index contributed by atoms with van der Waals surface area (Å²) in [7, 11) is 0. The molecule has 2 rings (SSSR count). The van der Waals surface area contributed by atoms with Crippen LogP contribution in [0, 0.1) is 5.82 Å². The number of carboxylic acids is 1. The van der Waals surface area contributed by atoms with Crippen molar-refractivity contribution in [1.29, 1.82) is 0 Å². The van der Waals surface area contributed by atoms with Crippen LogP contribution in [0.25, 0.3) is 10.1 Å². The zero-order chi connectivity index (χ0) is 13.1. The monoisotopic (exact) mass is 271 g/mol. The zero-order valence-electron chi connectivity index (χ0n) is 9.37. The molecule has 0 bridgehead atoms. The van der Waals surface area contributed by atoms with E-state index in [2.05, 4.69) is 5.32 Å². The predicted molar refractivity (Wildman–Crippen MR) is 66.4 cm³/mol. The van der Waals surface area contributed by atoms with Gasteiger partial charge in [-0.25, -0.2) is 13.6 Å². The van der Waals surface area contributed by atoms with Crippen molar-refractivity contribution in [3.8, 4) is 0 Å². The van der Waals surface area contributed by atoms with E-state index in [0.29, 0.717) is 15.6 Å². The van der Waals surface area contributed by atoms with E-state index in [1.54, 1.807) is 12.1 Å². The van der Waals surface area contributed by atoms with Gasteiger partial charge in [0.25, 0.3) is 0 Å². The Balaban J connectivity index is 2.51. The molecule has 0 atom stereocenters. The Bertz CT molecular complexity index is 583. The fraction of sp³-hybridized carbons (Fsp3) is 0.250. The lowest BCUT2D eigenvalue weighted by molar-refractivity contribution is 0.0701. The summed E-state index contributed by atoms with van der Waals surface area (Å²) in [6.07, 6.45) is 0. The minimum Gasteiger partial charge on any atom is -0.477 e. The summed E-state index contributed by atoms with van der Waals surface area (Å²) in [6.45, 7) is -0.287. The lowest BCUT2D eigenvalue weighted by Crippen LogP contribution is -2.17. The number of carbonyl (C=O) groups is 1. The van der Waals surface area contributed by atoms with E-state index < -0.39 is 18.5 Å². The van der Waals surface area contributed by atoms with E-state index in [-0.39, 0.29) is 18.0 Å². The maximum atomic E-state index is 13.7. The largest absolute Gasteiger partial charge is 0.477 e. The van der Waals surface area contributed by atoms with E-state index in [4.69, 9.17) is 5.11 Å². The van der Waals surface area contributed by atoms with Crippen molar-refractivity contribution in [3.63, 3.8) is 0 Å². The van der Waals surface area contributed by atoms with E-state index in [1.165, 1.54) is 6.07 Å². The van der Waals surface area contributed by atoms with Crippen molar-refractivity contribution in [1.82, 2.24) is 5.32 Å². The highest BCUT2D eigenvalue weighted by atomic mass is 32.1. The Morgan fingerprint density at radius 3 is 2.89 bits per heavy atom. The van der Waals surface area contributed by atoms with Crippen LogP contribution < -0.4 is 5.32 Å². The number of nitrogens with one attached hydrogen (secondary N) is 1. The van der Waals surface area contributed by atoms with Gasteiger partial charge in [0.1, 0.15) is 17.4 Å². The normalized spacial score (nSPS) is 11.0. The lowest BCUT2D eigenvalue weighted by atomic mass is 10.1. The fourth-order valence-electron chi connectivity index (χ4n) is 1.79. The molecule has 1 heterocycles. The molecule has 0 saturated heterocycles. The number of alkyl halides is 1. The first-order chi connectivity index (χ1) is 8.65. The minimum atomic E-state index is -1.09. The maximum absolute atomic E-state index is 13.7. The first kappa shape index (κ1) is 12.9. The molecular formula is C12H11F2NO2S. The highest BCUT2D eigenvalue weighted by Crippen LogP contribution is 2.33. The molecule has 3 nitrogen and oxygen atoms in total. The quantitative estimate of drug-likeness (QED) is 0.822. The van der Waals surface area contributed by atoms with Crippen molar-refractivity contribution in [2.75, 3.05) is 13.2 Å². The van der Waals surface area contributed by atoms with E-state index >= 15 is 0 Å². The lowest BCUT2D eigenvalue weighted by Gasteiger charge is -2.03. The average Bonchev–Trinajstić information content (AvgIpc) is 2.70. The summed E-state index contributed by atoms with van der Waals surface area (Å²) in [5.41, 5.74) is 0.383. The number of halogens is 2. The van der Waals surface area contributed by atoms with Crippen molar-refractivity contribution in [3.05, 3.63) is 34.5 Å². The second kappa shape index (κ2) is 5.41. The third kappa shape index (κ3) is 2.34. The summed E-state index contributed by atoms with van der Waals surface area (Å²) in [4.78, 5) is 11.2. The van der Waals surface area contributed by atoms with Crippen molar-refractivity contribution >= 4 is 27.4 Å². The molecule has 2 aromatic rings. The first-order valence-electron chi connectivity index (χ1n) is 5.35. The van der Waals surface area contributed by atoms with Gasteiger partial charge in [0.05, 0.1) is 0 Å². The van der Waals surface area contributed by atoms with Gasteiger partial charge in [-0.3, -0.25) is 0 Å². The predicted octanol–water partition coefficient (Wildman–Crippen LogP) is 2.80. The molecule has 6 heteroatoms. The van der Waals surface area contributed by atoms with Crippen LogP contribution in [-0.4, -0.2) is 24.3 Å². The molecule has 0 radical (unpaired) electrons. The van der Waals surface area contributed by atoms with Crippen LogP contribution in [0.2, 0.25) is 0 Å². The zero-order valence-corrected chi connectivity index (χ0v) is 10.2. The highest BCUT2D eigenvalue weighted by Gasteiger charge is 2.19. The van der Waals surface area contributed by atoms with Crippen LogP contribution >= 0.6 is 11.3 Å². The minimum absolute atomic E-state index is 0.0986. The molecule has 0 aliphatic rings. The van der Waals surface area contributed by atoms with Crippen LogP contribution in [0.15, 0.2) is 18.2 Å². The maximum Gasteiger partial charge on any atom is 0.346 e. The van der Waals surface area contributed by atoms with Crippen LogP contribution in [0.5, 0.6) is 0 Å². The van der Waals surface area contributed by atoms with Crippen molar-refractivity contribution in [2.24, 2.45) is 0 Å². The molecule has 2 N–H and O–H groups in total. The first-order valence-corrected chi connectivity index (χ1v) is 6.16. The highest BCUT2D eigenvalue weighted by molar-refractivity contribution is 7.21. The van der Waals surface area contributed by atoms with Crippen molar-refractivity contribution < 1.29 is 18.7 Å². The molecule has 0 spiro atoms. The Morgan fingerprint density at radius 1 is 1.44 bits per heavy atom. The molecule has 0 amide bonds. The average molecular weight is 271 g/mol. The van der Waals surface area contributed by atoms with Gasteiger partial charge in [0, 0.05) is 28.7 Å². The SMILES string of the molecule is O=C(O)c1sc2cccc(F)c2c1CNCCF. The van der Waals surface area contributed by atoms with Gasteiger partial charge in [-0.2, -0.15) is 0 Å². The molecule has 96 valence electrons. The number of fused-ring (bicyclic) bond motifs is 1. The number of hydrogen-bond donors (Lipinski definition) is 2. The molecule has 18 heavy (non-hydrogen) atoms. The van der Waals surface area contributed by atoms with Crippen LogP contribution in [0.1, 0.15) is 15.2 Å². The van der Waals surface area contributed by atoms with Gasteiger partial charge in [0.15, 0.2) is 0 Å². The Hall–Kier alpha value is -1.53. The molecule has 1 aromatic carbocycles. The topological polar surface area (TPSA) is 49.3 Å². The number of rotatable bonds is 5. The second-order valence-corrected chi connectivity index (χ2v) is 4.75. The summed E-state index contributed by atoms with van der Waals surface area (Å²) in [6, 6.07) is 4.51. The van der Waals surface area contributed by atoms with E-state index in [1.807, 2.05) is 0 Å². The summed E-state index contributed by atoms with van der Waals surface area (Å²) in [5.74, 6) is -1.54. The van der Waals surface area contributed by atoms with Gasteiger partial charge in [-0.05, 0) is 12.1 Å².